The summed E-state index contributed by atoms with van der Waals surface area (Å²) >= 11 is 0. The summed E-state index contributed by atoms with van der Waals surface area (Å²) in [5, 5.41) is 2.86. The highest BCUT2D eigenvalue weighted by Crippen LogP contribution is 2.28. The molecule has 2 aromatic heterocycles. The number of rotatable bonds is 3. The van der Waals surface area contributed by atoms with E-state index in [0.717, 1.165) is 42.7 Å². The van der Waals surface area contributed by atoms with Gasteiger partial charge >= 0.3 is 0 Å². The Morgan fingerprint density at radius 1 is 1.04 bits per heavy atom. The molecule has 0 spiro atoms. The number of amides is 1. The molecular weight excluding hydrogens is 316 g/mol. The van der Waals surface area contributed by atoms with E-state index in [1.807, 2.05) is 31.2 Å². The molecule has 0 radical (unpaired) electrons. The molecule has 1 aromatic carbocycles. The predicted molar refractivity (Wildman–Crippen MR) is 95.7 cm³/mol. The van der Waals surface area contributed by atoms with Gasteiger partial charge in [-0.2, -0.15) is 0 Å². The number of carbonyl (C=O) groups is 1. The molecule has 0 saturated carbocycles. The van der Waals surface area contributed by atoms with E-state index in [-0.39, 0.29) is 11.6 Å². The molecule has 3 aromatic rings. The second kappa shape index (κ2) is 6.43. The summed E-state index contributed by atoms with van der Waals surface area (Å²) in [4.78, 5) is 32.3. The number of nitrogens with zero attached hydrogens (tertiary/aromatic N) is 5. The van der Waals surface area contributed by atoms with Crippen molar-refractivity contribution in [3.05, 3.63) is 48.0 Å². The average molecular weight is 334 g/mol. The first-order valence-corrected chi connectivity index (χ1v) is 8.32. The molecule has 0 unspecified atom stereocenters. The lowest BCUT2D eigenvalue weighted by atomic mass is 10.3. The fourth-order valence-electron chi connectivity index (χ4n) is 2.91. The van der Waals surface area contributed by atoms with Gasteiger partial charge in [-0.15, -0.1) is 0 Å². The molecule has 1 saturated heterocycles. The van der Waals surface area contributed by atoms with Crippen molar-refractivity contribution in [3.63, 3.8) is 0 Å². The zero-order valence-electron chi connectivity index (χ0n) is 13.9. The van der Waals surface area contributed by atoms with Crippen LogP contribution in [0.3, 0.4) is 0 Å². The van der Waals surface area contributed by atoms with E-state index in [2.05, 4.69) is 25.2 Å². The maximum Gasteiger partial charge on any atom is 0.277 e. The Hall–Kier alpha value is -3.09. The van der Waals surface area contributed by atoms with Gasteiger partial charge in [0.15, 0.2) is 11.6 Å². The van der Waals surface area contributed by atoms with E-state index in [1.165, 1.54) is 6.20 Å². The standard InChI is InChI=1S/C18H18N6O/c1-12-10-20-15(11-19-12)18(25)23-16-17(24-8-4-5-9-24)22-14-7-3-2-6-13(14)21-16/h2-3,6-7,10-11H,4-5,8-9H2,1H3,(H,21,23,25). The van der Waals surface area contributed by atoms with Gasteiger partial charge in [0.25, 0.3) is 5.91 Å². The van der Waals surface area contributed by atoms with Gasteiger partial charge in [-0.3, -0.25) is 9.78 Å². The summed E-state index contributed by atoms with van der Waals surface area (Å²) in [6.07, 6.45) is 5.27. The van der Waals surface area contributed by atoms with E-state index in [9.17, 15) is 4.79 Å². The maximum absolute atomic E-state index is 12.5. The fourth-order valence-corrected chi connectivity index (χ4v) is 2.91. The molecule has 25 heavy (non-hydrogen) atoms. The summed E-state index contributed by atoms with van der Waals surface area (Å²) in [5.41, 5.74) is 2.58. The maximum atomic E-state index is 12.5. The number of para-hydroxylation sites is 2. The Balaban J connectivity index is 1.72. The molecule has 4 rings (SSSR count). The van der Waals surface area contributed by atoms with Crippen molar-refractivity contribution in [2.24, 2.45) is 0 Å². The highest BCUT2D eigenvalue weighted by atomic mass is 16.2. The molecule has 126 valence electrons. The number of benzene rings is 1. The fraction of sp³-hybridized carbons (Fsp3) is 0.278. The van der Waals surface area contributed by atoms with Crippen LogP contribution in [0.25, 0.3) is 11.0 Å². The van der Waals surface area contributed by atoms with E-state index in [0.29, 0.717) is 11.6 Å². The minimum atomic E-state index is -0.336. The molecular formula is C18H18N6O. The minimum Gasteiger partial charge on any atom is -0.354 e. The molecule has 1 aliphatic rings. The molecule has 1 amide bonds. The summed E-state index contributed by atoms with van der Waals surface area (Å²) in [5.74, 6) is 0.843. The van der Waals surface area contributed by atoms with Gasteiger partial charge in [0.2, 0.25) is 0 Å². The number of hydrogen-bond donors (Lipinski definition) is 1. The topological polar surface area (TPSA) is 83.9 Å². The lowest BCUT2D eigenvalue weighted by Crippen LogP contribution is -2.23. The Morgan fingerprint density at radius 2 is 1.76 bits per heavy atom. The largest absolute Gasteiger partial charge is 0.354 e. The van der Waals surface area contributed by atoms with E-state index < -0.39 is 0 Å². The van der Waals surface area contributed by atoms with Crippen molar-refractivity contribution in [2.45, 2.75) is 19.8 Å². The van der Waals surface area contributed by atoms with Crippen LogP contribution in [0.4, 0.5) is 11.6 Å². The zero-order valence-corrected chi connectivity index (χ0v) is 13.9. The molecule has 3 heterocycles. The third-order valence-electron chi connectivity index (χ3n) is 4.20. The monoisotopic (exact) mass is 334 g/mol. The summed E-state index contributed by atoms with van der Waals surface area (Å²) in [7, 11) is 0. The number of aryl methyl sites for hydroxylation is 1. The quantitative estimate of drug-likeness (QED) is 0.792. The first-order chi connectivity index (χ1) is 12.2. The second-order valence-corrected chi connectivity index (χ2v) is 6.08. The van der Waals surface area contributed by atoms with E-state index in [1.54, 1.807) is 6.20 Å². The molecule has 7 nitrogen and oxygen atoms in total. The Kier molecular flexibility index (Phi) is 3.97. The molecule has 1 N–H and O–H groups in total. The summed E-state index contributed by atoms with van der Waals surface area (Å²) < 4.78 is 0. The number of nitrogens with one attached hydrogen (secondary N) is 1. The lowest BCUT2D eigenvalue weighted by molar-refractivity contribution is 0.102. The first-order valence-electron chi connectivity index (χ1n) is 8.32. The van der Waals surface area contributed by atoms with Crippen LogP contribution in [0.5, 0.6) is 0 Å². The lowest BCUT2D eigenvalue weighted by Gasteiger charge is -2.20. The van der Waals surface area contributed by atoms with Gasteiger partial charge in [0.1, 0.15) is 5.69 Å². The van der Waals surface area contributed by atoms with Gasteiger partial charge in [0, 0.05) is 19.3 Å². The number of anilines is 2. The van der Waals surface area contributed by atoms with Crippen LogP contribution in [0.2, 0.25) is 0 Å². The van der Waals surface area contributed by atoms with Crippen LogP contribution < -0.4 is 10.2 Å². The molecule has 0 aliphatic carbocycles. The van der Waals surface area contributed by atoms with Crippen molar-refractivity contribution in [3.8, 4) is 0 Å². The normalized spacial score (nSPS) is 14.0. The van der Waals surface area contributed by atoms with Gasteiger partial charge in [0.05, 0.1) is 22.9 Å². The van der Waals surface area contributed by atoms with Crippen LogP contribution in [0, 0.1) is 6.92 Å². The van der Waals surface area contributed by atoms with Crippen molar-refractivity contribution < 1.29 is 4.79 Å². The van der Waals surface area contributed by atoms with Gasteiger partial charge in [-0.25, -0.2) is 15.0 Å². The van der Waals surface area contributed by atoms with Crippen LogP contribution in [0.15, 0.2) is 36.7 Å². The highest BCUT2D eigenvalue weighted by molar-refractivity contribution is 6.04. The van der Waals surface area contributed by atoms with Crippen LogP contribution in [-0.4, -0.2) is 38.9 Å². The minimum absolute atomic E-state index is 0.257. The Morgan fingerprint density at radius 3 is 2.44 bits per heavy atom. The first kappa shape index (κ1) is 15.4. The van der Waals surface area contributed by atoms with Crippen LogP contribution in [0.1, 0.15) is 29.0 Å². The van der Waals surface area contributed by atoms with Crippen molar-refractivity contribution in [2.75, 3.05) is 23.3 Å². The SMILES string of the molecule is Cc1cnc(C(=O)Nc2nc3ccccc3nc2N2CCCC2)cn1. The Bertz CT molecular complexity index is 919. The van der Waals surface area contributed by atoms with Crippen LogP contribution in [-0.2, 0) is 0 Å². The number of fused-ring (bicyclic) bond motifs is 1. The van der Waals surface area contributed by atoms with Gasteiger partial charge in [-0.05, 0) is 31.9 Å². The predicted octanol–water partition coefficient (Wildman–Crippen LogP) is 2.58. The second-order valence-electron chi connectivity index (χ2n) is 6.08. The smallest absolute Gasteiger partial charge is 0.277 e. The average Bonchev–Trinajstić information content (AvgIpc) is 3.16. The third kappa shape index (κ3) is 3.13. The number of hydrogen-bond acceptors (Lipinski definition) is 6. The molecule has 1 fully saturated rings. The molecule has 1 aliphatic heterocycles. The van der Waals surface area contributed by atoms with E-state index >= 15 is 0 Å². The summed E-state index contributed by atoms with van der Waals surface area (Å²) in [6.45, 7) is 3.66. The Labute approximate surface area is 145 Å². The zero-order chi connectivity index (χ0) is 17.2. The van der Waals surface area contributed by atoms with Crippen molar-refractivity contribution in [1.29, 1.82) is 0 Å². The van der Waals surface area contributed by atoms with Gasteiger partial charge in [-0.1, -0.05) is 12.1 Å². The van der Waals surface area contributed by atoms with Gasteiger partial charge < -0.3 is 10.2 Å². The third-order valence-corrected chi connectivity index (χ3v) is 4.20. The summed E-state index contributed by atoms with van der Waals surface area (Å²) in [6, 6.07) is 7.66. The van der Waals surface area contributed by atoms with Crippen LogP contribution >= 0.6 is 0 Å². The van der Waals surface area contributed by atoms with Crippen molar-refractivity contribution >= 4 is 28.6 Å². The number of carbonyl (C=O) groups excluding carboxylic acids is 1. The number of aromatic nitrogens is 4. The molecule has 7 heteroatoms. The molecule has 0 atom stereocenters. The molecule has 0 bridgehead atoms. The van der Waals surface area contributed by atoms with Crippen molar-refractivity contribution in [1.82, 2.24) is 19.9 Å². The van der Waals surface area contributed by atoms with E-state index in [4.69, 9.17) is 4.98 Å². The highest BCUT2D eigenvalue weighted by Gasteiger charge is 2.21.